The van der Waals surface area contributed by atoms with Gasteiger partial charge < -0.3 is 30.7 Å². The monoisotopic (exact) mass is 440 g/mol. The van der Waals surface area contributed by atoms with Gasteiger partial charge in [0.05, 0.1) is 18.7 Å². The predicted octanol–water partition coefficient (Wildman–Crippen LogP) is 0.142. The molecule has 2 heterocycles. The molecule has 0 aromatic rings. The average Bonchev–Trinajstić information content (AvgIpc) is 3.29. The highest BCUT2D eigenvalue weighted by Gasteiger charge is 2.32. The van der Waals surface area contributed by atoms with E-state index in [2.05, 4.69) is 16.0 Å². The van der Waals surface area contributed by atoms with Crippen molar-refractivity contribution in [2.24, 2.45) is 11.8 Å². The van der Waals surface area contributed by atoms with Crippen LogP contribution in [0.15, 0.2) is 0 Å². The number of amides is 4. The standard InChI is InChI=1S/C21H36N4O6/c1-4-25-16(5-6-18(25)27)12-31-21(30)24-17(9-13(2)3)20(29)23-15(11-26)10-14-7-8-22-19(14)28/h13-17,26H,4-12H2,1-3H3,(H,22,28)(H,23,29)(H,24,30)/t14-,15-,16-,17-/m0/s1. The van der Waals surface area contributed by atoms with Crippen LogP contribution in [0.25, 0.3) is 0 Å². The zero-order valence-corrected chi connectivity index (χ0v) is 18.7. The molecule has 2 rings (SSSR count). The average molecular weight is 441 g/mol. The Morgan fingerprint density at radius 1 is 1.26 bits per heavy atom. The van der Waals surface area contributed by atoms with Crippen molar-refractivity contribution >= 4 is 23.8 Å². The molecule has 2 aliphatic rings. The van der Waals surface area contributed by atoms with Crippen LogP contribution < -0.4 is 16.0 Å². The maximum atomic E-state index is 12.8. The van der Waals surface area contributed by atoms with Crippen molar-refractivity contribution in [2.45, 2.75) is 71.0 Å². The summed E-state index contributed by atoms with van der Waals surface area (Å²) in [6.45, 7) is 6.70. The van der Waals surface area contributed by atoms with Crippen LogP contribution in [0.1, 0.15) is 52.9 Å². The van der Waals surface area contributed by atoms with Crippen LogP contribution in [0, 0.1) is 11.8 Å². The van der Waals surface area contributed by atoms with Crippen molar-refractivity contribution in [3.63, 3.8) is 0 Å². The zero-order chi connectivity index (χ0) is 23.0. The minimum absolute atomic E-state index is 0.0551. The lowest BCUT2D eigenvalue weighted by atomic mass is 9.97. The molecular formula is C21H36N4O6. The fourth-order valence-corrected chi connectivity index (χ4v) is 4.15. The Morgan fingerprint density at radius 3 is 2.58 bits per heavy atom. The first-order valence-corrected chi connectivity index (χ1v) is 11.2. The van der Waals surface area contributed by atoms with E-state index in [9.17, 15) is 24.3 Å². The van der Waals surface area contributed by atoms with Crippen molar-refractivity contribution in [2.75, 3.05) is 26.3 Å². The number of likely N-dealkylation sites (N-methyl/N-ethyl adjacent to an activating group) is 1. The second-order valence-electron chi connectivity index (χ2n) is 8.70. The van der Waals surface area contributed by atoms with Crippen molar-refractivity contribution in [1.82, 2.24) is 20.9 Å². The number of rotatable bonds is 11. The molecule has 31 heavy (non-hydrogen) atoms. The molecular weight excluding hydrogens is 404 g/mol. The molecule has 10 nitrogen and oxygen atoms in total. The Balaban J connectivity index is 1.88. The van der Waals surface area contributed by atoms with Gasteiger partial charge in [0.2, 0.25) is 17.7 Å². The van der Waals surface area contributed by atoms with E-state index in [0.29, 0.717) is 45.2 Å². The molecule has 2 saturated heterocycles. The summed E-state index contributed by atoms with van der Waals surface area (Å²) in [7, 11) is 0. The third kappa shape index (κ3) is 7.37. The summed E-state index contributed by atoms with van der Waals surface area (Å²) in [6, 6.07) is -1.54. The Kier molecular flexibility index (Phi) is 9.54. The Bertz CT molecular complexity index is 656. The number of nitrogens with zero attached hydrogens (tertiary/aromatic N) is 1. The number of hydrogen-bond donors (Lipinski definition) is 4. The van der Waals surface area contributed by atoms with Gasteiger partial charge in [-0.2, -0.15) is 0 Å². The second-order valence-corrected chi connectivity index (χ2v) is 8.70. The molecule has 0 bridgehead atoms. The summed E-state index contributed by atoms with van der Waals surface area (Å²) in [5, 5.41) is 17.8. The molecule has 176 valence electrons. The largest absolute Gasteiger partial charge is 0.447 e. The lowest BCUT2D eigenvalue weighted by molar-refractivity contribution is -0.129. The Hall–Kier alpha value is -2.36. The molecule has 10 heteroatoms. The number of carbonyl (C=O) groups excluding carboxylic acids is 4. The first kappa shape index (κ1) is 24.9. The van der Waals surface area contributed by atoms with E-state index in [1.807, 2.05) is 20.8 Å². The number of likely N-dealkylation sites (tertiary alicyclic amines) is 1. The van der Waals surface area contributed by atoms with Crippen LogP contribution >= 0.6 is 0 Å². The molecule has 0 radical (unpaired) electrons. The van der Waals surface area contributed by atoms with E-state index >= 15 is 0 Å². The van der Waals surface area contributed by atoms with Crippen LogP contribution in [0.5, 0.6) is 0 Å². The first-order chi connectivity index (χ1) is 14.7. The van der Waals surface area contributed by atoms with Gasteiger partial charge in [0, 0.05) is 25.4 Å². The molecule has 0 spiro atoms. The molecule has 4 atom stereocenters. The second kappa shape index (κ2) is 11.9. The van der Waals surface area contributed by atoms with E-state index in [1.54, 1.807) is 4.90 Å². The van der Waals surface area contributed by atoms with E-state index in [4.69, 9.17) is 4.74 Å². The minimum Gasteiger partial charge on any atom is -0.447 e. The molecule has 0 aromatic heterocycles. The molecule has 2 aliphatic heterocycles. The normalized spacial score (nSPS) is 22.9. The first-order valence-electron chi connectivity index (χ1n) is 11.2. The number of aliphatic hydroxyl groups is 1. The van der Waals surface area contributed by atoms with Crippen molar-refractivity contribution < 1.29 is 29.0 Å². The minimum atomic E-state index is -0.827. The number of aliphatic hydroxyl groups excluding tert-OH is 1. The van der Waals surface area contributed by atoms with Gasteiger partial charge >= 0.3 is 6.09 Å². The molecule has 0 aliphatic carbocycles. The summed E-state index contributed by atoms with van der Waals surface area (Å²) in [6.07, 6.45) is 1.78. The van der Waals surface area contributed by atoms with Gasteiger partial charge in [0.1, 0.15) is 12.6 Å². The fraction of sp³-hybridized carbons (Fsp3) is 0.810. The molecule has 0 saturated carbocycles. The van der Waals surface area contributed by atoms with Crippen LogP contribution in [0.4, 0.5) is 4.79 Å². The zero-order valence-electron chi connectivity index (χ0n) is 18.7. The van der Waals surface area contributed by atoms with Crippen LogP contribution in [0.3, 0.4) is 0 Å². The van der Waals surface area contributed by atoms with Gasteiger partial charge in [-0.05, 0) is 38.5 Å². The maximum Gasteiger partial charge on any atom is 0.407 e. The SMILES string of the molecule is CCN1C(=O)CC[C@H]1COC(=O)N[C@@H](CC(C)C)C(=O)N[C@H](CO)C[C@@H]1CCNC1=O. The lowest BCUT2D eigenvalue weighted by Crippen LogP contribution is -2.52. The van der Waals surface area contributed by atoms with E-state index in [1.165, 1.54) is 0 Å². The Morgan fingerprint density at radius 2 is 2.00 bits per heavy atom. The highest BCUT2D eigenvalue weighted by molar-refractivity contribution is 5.86. The molecule has 0 unspecified atom stereocenters. The van der Waals surface area contributed by atoms with Crippen molar-refractivity contribution in [3.8, 4) is 0 Å². The van der Waals surface area contributed by atoms with Gasteiger partial charge in [-0.1, -0.05) is 13.8 Å². The smallest absolute Gasteiger partial charge is 0.407 e. The third-order valence-electron chi connectivity index (χ3n) is 5.81. The number of ether oxygens (including phenoxy) is 1. The molecule has 4 N–H and O–H groups in total. The van der Waals surface area contributed by atoms with Gasteiger partial charge in [-0.15, -0.1) is 0 Å². The number of nitrogens with one attached hydrogen (secondary N) is 3. The van der Waals surface area contributed by atoms with Gasteiger partial charge in [0.15, 0.2) is 0 Å². The summed E-state index contributed by atoms with van der Waals surface area (Å²) >= 11 is 0. The quantitative estimate of drug-likeness (QED) is 0.361. The van der Waals surface area contributed by atoms with Crippen LogP contribution in [0.2, 0.25) is 0 Å². The fourth-order valence-electron chi connectivity index (χ4n) is 4.15. The summed E-state index contributed by atoms with van der Waals surface area (Å²) in [5.74, 6) is -0.546. The van der Waals surface area contributed by atoms with Gasteiger partial charge in [-0.3, -0.25) is 14.4 Å². The summed E-state index contributed by atoms with van der Waals surface area (Å²) < 4.78 is 5.30. The van der Waals surface area contributed by atoms with Crippen LogP contribution in [-0.4, -0.2) is 78.3 Å². The number of hydrogen-bond acceptors (Lipinski definition) is 6. The maximum absolute atomic E-state index is 12.8. The van der Waals surface area contributed by atoms with Crippen LogP contribution in [-0.2, 0) is 19.1 Å². The topological polar surface area (TPSA) is 137 Å². The van der Waals surface area contributed by atoms with E-state index < -0.39 is 24.1 Å². The number of carbonyl (C=O) groups is 4. The summed E-state index contributed by atoms with van der Waals surface area (Å²) in [4.78, 5) is 50.4. The third-order valence-corrected chi connectivity index (χ3v) is 5.81. The highest BCUT2D eigenvalue weighted by Crippen LogP contribution is 2.19. The lowest BCUT2D eigenvalue weighted by Gasteiger charge is -2.25. The molecule has 2 fully saturated rings. The molecule has 4 amide bonds. The predicted molar refractivity (Wildman–Crippen MR) is 113 cm³/mol. The highest BCUT2D eigenvalue weighted by atomic mass is 16.5. The van der Waals surface area contributed by atoms with E-state index in [0.717, 1.165) is 0 Å². The van der Waals surface area contributed by atoms with Gasteiger partial charge in [0.25, 0.3) is 0 Å². The van der Waals surface area contributed by atoms with Gasteiger partial charge in [-0.25, -0.2) is 4.79 Å². The Labute approximate surface area is 183 Å². The summed E-state index contributed by atoms with van der Waals surface area (Å²) in [5.41, 5.74) is 0. The number of alkyl carbamates (subject to hydrolysis) is 1. The van der Waals surface area contributed by atoms with Crippen molar-refractivity contribution in [3.05, 3.63) is 0 Å². The molecule has 0 aromatic carbocycles. The van der Waals surface area contributed by atoms with E-state index in [-0.39, 0.29) is 42.9 Å². The van der Waals surface area contributed by atoms with Crippen molar-refractivity contribution in [1.29, 1.82) is 0 Å².